The maximum absolute atomic E-state index is 13.3. The zero-order valence-corrected chi connectivity index (χ0v) is 13.5. The minimum absolute atomic E-state index is 0.0307. The van der Waals surface area contributed by atoms with Crippen LogP contribution in [0.3, 0.4) is 0 Å². The number of nitrogens with one attached hydrogen (secondary N) is 2. The van der Waals surface area contributed by atoms with Gasteiger partial charge >= 0.3 is 6.18 Å². The van der Waals surface area contributed by atoms with Crippen LogP contribution < -0.4 is 16.4 Å². The zero-order chi connectivity index (χ0) is 19.6. The van der Waals surface area contributed by atoms with E-state index in [0.29, 0.717) is 5.69 Å². The lowest BCUT2D eigenvalue weighted by atomic mass is 10.2. The molecule has 27 heavy (non-hydrogen) atoms. The Kier molecular flexibility index (Phi) is 4.80. The summed E-state index contributed by atoms with van der Waals surface area (Å²) in [4.78, 5) is 8.08. The van der Waals surface area contributed by atoms with E-state index < -0.39 is 23.4 Å². The van der Waals surface area contributed by atoms with Gasteiger partial charge in [-0.25, -0.2) is 13.8 Å². The highest BCUT2D eigenvalue weighted by Crippen LogP contribution is 2.30. The smallest absolute Gasteiger partial charge is 0.397 e. The molecule has 140 valence electrons. The van der Waals surface area contributed by atoms with Crippen molar-refractivity contribution in [3.8, 4) is 0 Å². The number of benzene rings is 2. The molecule has 4 N–H and O–H groups in total. The van der Waals surface area contributed by atoms with Gasteiger partial charge in [-0.1, -0.05) is 0 Å². The molecular formula is C17H12F5N5. The molecule has 0 bridgehead atoms. The van der Waals surface area contributed by atoms with Crippen LogP contribution in [0.4, 0.5) is 50.6 Å². The van der Waals surface area contributed by atoms with Gasteiger partial charge in [-0.15, -0.1) is 0 Å². The number of nitrogens with two attached hydrogens (primary N) is 1. The molecule has 0 saturated heterocycles. The summed E-state index contributed by atoms with van der Waals surface area (Å²) in [6.07, 6.45) is -1.76. The van der Waals surface area contributed by atoms with Gasteiger partial charge in [-0.3, -0.25) is 4.98 Å². The number of nitrogen functional groups attached to an aromatic ring is 1. The highest BCUT2D eigenvalue weighted by atomic mass is 19.4. The van der Waals surface area contributed by atoms with E-state index in [-0.39, 0.29) is 23.0 Å². The predicted octanol–water partition coefficient (Wildman–Crippen LogP) is 4.84. The molecule has 0 spiro atoms. The highest BCUT2D eigenvalue weighted by molar-refractivity contribution is 5.71. The van der Waals surface area contributed by atoms with E-state index in [1.807, 2.05) is 0 Å². The third kappa shape index (κ3) is 4.40. The molecule has 3 rings (SSSR count). The van der Waals surface area contributed by atoms with E-state index in [1.165, 1.54) is 24.5 Å². The van der Waals surface area contributed by atoms with Gasteiger partial charge in [-0.05, 0) is 24.3 Å². The van der Waals surface area contributed by atoms with Crippen molar-refractivity contribution < 1.29 is 22.0 Å². The third-order valence-corrected chi connectivity index (χ3v) is 3.47. The number of aromatic nitrogens is 2. The van der Waals surface area contributed by atoms with Crippen LogP contribution in [-0.4, -0.2) is 9.97 Å². The minimum Gasteiger partial charge on any atom is -0.397 e. The van der Waals surface area contributed by atoms with Crippen LogP contribution in [0.2, 0.25) is 0 Å². The van der Waals surface area contributed by atoms with Crippen molar-refractivity contribution >= 4 is 28.7 Å². The summed E-state index contributed by atoms with van der Waals surface area (Å²) in [5.74, 6) is -1.77. The summed E-state index contributed by atoms with van der Waals surface area (Å²) < 4.78 is 64.2. The van der Waals surface area contributed by atoms with Crippen LogP contribution in [0, 0.1) is 11.6 Å². The van der Waals surface area contributed by atoms with E-state index in [0.717, 1.165) is 24.3 Å². The standard InChI is InChI=1S/C17H12F5N5/c18-11-5-13(23)14(6-12(11)19)26-16-8-24-7-15(27-16)25-10-3-1-9(2-4-10)17(20,21)22/h1-8H,23H2,(H2,25,26,27). The average Bonchev–Trinajstić information content (AvgIpc) is 2.60. The Bertz CT molecular complexity index is 957. The average molecular weight is 381 g/mol. The van der Waals surface area contributed by atoms with Crippen LogP contribution in [0.25, 0.3) is 0 Å². The van der Waals surface area contributed by atoms with E-state index >= 15 is 0 Å². The molecule has 0 fully saturated rings. The van der Waals surface area contributed by atoms with Gasteiger partial charge < -0.3 is 16.4 Å². The fourth-order valence-electron chi connectivity index (χ4n) is 2.19. The monoisotopic (exact) mass is 381 g/mol. The number of anilines is 5. The first kappa shape index (κ1) is 18.4. The van der Waals surface area contributed by atoms with Gasteiger partial charge in [0.15, 0.2) is 23.3 Å². The zero-order valence-electron chi connectivity index (χ0n) is 13.5. The molecule has 0 aliphatic heterocycles. The summed E-state index contributed by atoms with van der Waals surface area (Å²) in [6.45, 7) is 0. The lowest BCUT2D eigenvalue weighted by Gasteiger charge is -2.11. The predicted molar refractivity (Wildman–Crippen MR) is 90.8 cm³/mol. The molecule has 0 saturated carbocycles. The first-order chi connectivity index (χ1) is 12.7. The van der Waals surface area contributed by atoms with Crippen LogP contribution in [0.5, 0.6) is 0 Å². The number of halogens is 5. The molecule has 0 amide bonds. The van der Waals surface area contributed by atoms with Crippen molar-refractivity contribution in [2.24, 2.45) is 0 Å². The Morgan fingerprint density at radius 1 is 0.852 bits per heavy atom. The van der Waals surface area contributed by atoms with E-state index in [1.54, 1.807) is 0 Å². The molecule has 0 radical (unpaired) electrons. The highest BCUT2D eigenvalue weighted by Gasteiger charge is 2.29. The largest absolute Gasteiger partial charge is 0.416 e. The number of hydrogen-bond acceptors (Lipinski definition) is 5. The molecule has 0 aliphatic carbocycles. The fraction of sp³-hybridized carbons (Fsp3) is 0.0588. The van der Waals surface area contributed by atoms with Crippen molar-refractivity contribution in [2.75, 3.05) is 16.4 Å². The molecule has 3 aromatic rings. The Hall–Kier alpha value is -3.43. The Morgan fingerprint density at radius 3 is 2.07 bits per heavy atom. The molecular weight excluding hydrogens is 369 g/mol. The van der Waals surface area contributed by atoms with E-state index in [4.69, 9.17) is 5.73 Å². The maximum atomic E-state index is 13.3. The molecule has 0 atom stereocenters. The normalized spacial score (nSPS) is 11.3. The summed E-state index contributed by atoms with van der Waals surface area (Å²) in [6, 6.07) is 6.06. The summed E-state index contributed by atoms with van der Waals surface area (Å²) in [5, 5.41) is 5.50. The first-order valence-corrected chi connectivity index (χ1v) is 7.50. The second-order valence-corrected chi connectivity index (χ2v) is 5.47. The lowest BCUT2D eigenvalue weighted by molar-refractivity contribution is -0.137. The van der Waals surface area contributed by atoms with Crippen molar-refractivity contribution in [2.45, 2.75) is 6.18 Å². The molecule has 0 unspecified atom stereocenters. The van der Waals surface area contributed by atoms with Gasteiger partial charge in [-0.2, -0.15) is 13.2 Å². The second-order valence-electron chi connectivity index (χ2n) is 5.47. The molecule has 2 aromatic carbocycles. The van der Waals surface area contributed by atoms with Crippen LogP contribution >= 0.6 is 0 Å². The summed E-state index contributed by atoms with van der Waals surface area (Å²) in [7, 11) is 0. The fourth-order valence-corrected chi connectivity index (χ4v) is 2.19. The van der Waals surface area contributed by atoms with Crippen molar-refractivity contribution in [1.29, 1.82) is 0 Å². The minimum atomic E-state index is -4.42. The number of rotatable bonds is 4. The van der Waals surface area contributed by atoms with Crippen molar-refractivity contribution in [3.05, 3.63) is 66.0 Å². The Morgan fingerprint density at radius 2 is 1.44 bits per heavy atom. The topological polar surface area (TPSA) is 75.9 Å². The number of nitrogens with zero attached hydrogens (tertiary/aromatic N) is 2. The maximum Gasteiger partial charge on any atom is 0.416 e. The Balaban J connectivity index is 1.77. The number of hydrogen-bond donors (Lipinski definition) is 3. The molecule has 1 aromatic heterocycles. The second kappa shape index (κ2) is 7.06. The quantitative estimate of drug-likeness (QED) is 0.445. The van der Waals surface area contributed by atoms with Crippen molar-refractivity contribution in [1.82, 2.24) is 9.97 Å². The molecule has 0 aliphatic rings. The molecule has 1 heterocycles. The van der Waals surface area contributed by atoms with Gasteiger partial charge in [0.2, 0.25) is 0 Å². The van der Waals surface area contributed by atoms with Crippen LogP contribution in [0.15, 0.2) is 48.8 Å². The SMILES string of the molecule is Nc1cc(F)c(F)cc1Nc1cncc(Nc2ccc(C(F)(F)F)cc2)n1. The van der Waals surface area contributed by atoms with Crippen molar-refractivity contribution in [3.63, 3.8) is 0 Å². The van der Waals surface area contributed by atoms with E-state index in [2.05, 4.69) is 20.6 Å². The van der Waals surface area contributed by atoms with E-state index in [9.17, 15) is 22.0 Å². The van der Waals surface area contributed by atoms with Gasteiger partial charge in [0.25, 0.3) is 0 Å². The first-order valence-electron chi connectivity index (χ1n) is 7.50. The van der Waals surface area contributed by atoms with Crippen LogP contribution in [0.1, 0.15) is 5.56 Å². The Labute approximate surface area is 150 Å². The van der Waals surface area contributed by atoms with Gasteiger partial charge in [0.1, 0.15) is 0 Å². The van der Waals surface area contributed by atoms with Crippen LogP contribution in [-0.2, 0) is 6.18 Å². The third-order valence-electron chi connectivity index (χ3n) is 3.47. The molecule has 5 nitrogen and oxygen atoms in total. The number of alkyl halides is 3. The van der Waals surface area contributed by atoms with Gasteiger partial charge in [0, 0.05) is 17.8 Å². The molecule has 10 heteroatoms. The lowest BCUT2D eigenvalue weighted by Crippen LogP contribution is -2.05. The van der Waals surface area contributed by atoms with Gasteiger partial charge in [0.05, 0.1) is 29.3 Å². The summed E-state index contributed by atoms with van der Waals surface area (Å²) >= 11 is 0. The summed E-state index contributed by atoms with van der Waals surface area (Å²) in [5.41, 5.74) is 5.27.